The van der Waals surface area contributed by atoms with Gasteiger partial charge >= 0.3 is 0 Å². The molecule has 0 aliphatic heterocycles. The van der Waals surface area contributed by atoms with Crippen LogP contribution in [0.25, 0.3) is 0 Å². The summed E-state index contributed by atoms with van der Waals surface area (Å²) < 4.78 is 0. The Bertz CT molecular complexity index is 296. The Morgan fingerprint density at radius 3 is 2.16 bits per heavy atom. The van der Waals surface area contributed by atoms with Crippen molar-refractivity contribution in [2.45, 2.75) is 84.0 Å². The fourth-order valence-electron chi connectivity index (χ4n) is 4.19. The number of hydrogen-bond acceptors (Lipinski definition) is 1. The van der Waals surface area contributed by atoms with E-state index in [0.29, 0.717) is 0 Å². The van der Waals surface area contributed by atoms with Crippen LogP contribution in [0.1, 0.15) is 84.0 Å². The number of rotatable bonds is 5. The van der Waals surface area contributed by atoms with Gasteiger partial charge in [-0.25, -0.2) is 4.79 Å². The summed E-state index contributed by atoms with van der Waals surface area (Å²) >= 11 is 0. The molecule has 1 nitrogen and oxygen atoms in total. The topological polar surface area (TPSA) is 17.1 Å². The highest BCUT2D eigenvalue weighted by atomic mass is 16.1. The molecule has 0 aromatic carbocycles. The van der Waals surface area contributed by atoms with Crippen molar-refractivity contribution in [2.24, 2.45) is 17.8 Å². The minimum Gasteiger partial charge on any atom is -0.234 e. The first-order valence-corrected chi connectivity index (χ1v) is 8.56. The molecule has 2 aliphatic carbocycles. The number of unbranched alkanes of at least 4 members (excludes halogenated alkanes) is 2. The molecular formula is C18H30O. The van der Waals surface area contributed by atoms with E-state index < -0.39 is 0 Å². The molecular weight excluding hydrogens is 232 g/mol. The third kappa shape index (κ3) is 4.49. The van der Waals surface area contributed by atoms with Crippen molar-refractivity contribution in [3.05, 3.63) is 5.57 Å². The van der Waals surface area contributed by atoms with Crippen LogP contribution in [0, 0.1) is 17.8 Å². The average molecular weight is 262 g/mol. The molecule has 108 valence electrons. The van der Waals surface area contributed by atoms with Gasteiger partial charge in [0.15, 0.2) is 0 Å². The van der Waals surface area contributed by atoms with Gasteiger partial charge < -0.3 is 0 Å². The first-order valence-electron chi connectivity index (χ1n) is 8.56. The molecule has 0 radical (unpaired) electrons. The molecule has 2 aliphatic rings. The van der Waals surface area contributed by atoms with Crippen LogP contribution in [0.15, 0.2) is 5.57 Å². The summed E-state index contributed by atoms with van der Waals surface area (Å²) in [5.74, 6) is 5.03. The van der Waals surface area contributed by atoms with Gasteiger partial charge in [-0.1, -0.05) is 45.4 Å². The quantitative estimate of drug-likeness (QED) is 0.484. The minimum atomic E-state index is 0.911. The van der Waals surface area contributed by atoms with E-state index in [1.165, 1.54) is 64.2 Å². The lowest BCUT2D eigenvalue weighted by Crippen LogP contribution is -2.24. The molecule has 2 fully saturated rings. The predicted molar refractivity (Wildman–Crippen MR) is 80.8 cm³/mol. The molecule has 19 heavy (non-hydrogen) atoms. The summed E-state index contributed by atoms with van der Waals surface area (Å²) in [5.41, 5.74) is 1.05. The molecule has 0 N–H and O–H groups in total. The normalized spacial score (nSPS) is 32.1. The molecule has 0 aromatic rings. The molecule has 0 spiro atoms. The van der Waals surface area contributed by atoms with E-state index >= 15 is 0 Å². The van der Waals surface area contributed by atoms with Crippen LogP contribution in [0.5, 0.6) is 0 Å². The summed E-state index contributed by atoms with van der Waals surface area (Å²) in [7, 11) is 0. The Balaban J connectivity index is 1.67. The van der Waals surface area contributed by atoms with E-state index in [9.17, 15) is 4.79 Å². The Morgan fingerprint density at radius 2 is 1.58 bits per heavy atom. The monoisotopic (exact) mass is 262 g/mol. The van der Waals surface area contributed by atoms with Crippen LogP contribution in [-0.2, 0) is 4.79 Å². The second kappa shape index (κ2) is 7.90. The van der Waals surface area contributed by atoms with Gasteiger partial charge in [0.1, 0.15) is 5.94 Å². The molecule has 2 saturated carbocycles. The standard InChI is InChI=1S/C18H30O/c1-2-3-4-5-15-6-10-17(11-7-15)18-12-8-16(14-19)9-13-18/h15,17-18H,2-13H2,1H3. The van der Waals surface area contributed by atoms with Gasteiger partial charge in [0.05, 0.1) is 0 Å². The third-order valence-corrected chi connectivity index (χ3v) is 5.55. The van der Waals surface area contributed by atoms with E-state index in [-0.39, 0.29) is 0 Å². The van der Waals surface area contributed by atoms with Gasteiger partial charge in [0, 0.05) is 5.57 Å². The summed E-state index contributed by atoms with van der Waals surface area (Å²) in [5, 5.41) is 0. The first-order chi connectivity index (χ1) is 9.33. The molecule has 0 heterocycles. The highest BCUT2D eigenvalue weighted by molar-refractivity contribution is 5.52. The van der Waals surface area contributed by atoms with Crippen molar-refractivity contribution in [1.82, 2.24) is 0 Å². The van der Waals surface area contributed by atoms with Crippen LogP contribution < -0.4 is 0 Å². The van der Waals surface area contributed by atoms with Crippen LogP contribution in [0.4, 0.5) is 0 Å². The van der Waals surface area contributed by atoms with Gasteiger partial charge in [0.25, 0.3) is 0 Å². The highest BCUT2D eigenvalue weighted by Gasteiger charge is 2.29. The summed E-state index contributed by atoms with van der Waals surface area (Å²) in [6.07, 6.45) is 16.1. The van der Waals surface area contributed by atoms with Crippen molar-refractivity contribution in [3.63, 3.8) is 0 Å². The van der Waals surface area contributed by atoms with Gasteiger partial charge in [0.2, 0.25) is 0 Å². The zero-order valence-corrected chi connectivity index (χ0v) is 12.6. The van der Waals surface area contributed by atoms with Gasteiger partial charge in [-0.2, -0.15) is 0 Å². The number of hydrogen-bond donors (Lipinski definition) is 0. The second-order valence-electron chi connectivity index (χ2n) is 6.82. The van der Waals surface area contributed by atoms with E-state index in [4.69, 9.17) is 0 Å². The molecule has 0 amide bonds. The van der Waals surface area contributed by atoms with E-state index in [1.807, 2.05) is 0 Å². The Hall–Kier alpha value is -0.550. The summed E-state index contributed by atoms with van der Waals surface area (Å²) in [6.45, 7) is 2.29. The van der Waals surface area contributed by atoms with Crippen molar-refractivity contribution in [2.75, 3.05) is 0 Å². The van der Waals surface area contributed by atoms with Crippen LogP contribution in [0.2, 0.25) is 0 Å². The molecule has 2 rings (SSSR count). The maximum Gasteiger partial charge on any atom is 0.123 e. The fraction of sp³-hybridized carbons (Fsp3) is 0.889. The Morgan fingerprint density at radius 1 is 0.947 bits per heavy atom. The van der Waals surface area contributed by atoms with Crippen LogP contribution >= 0.6 is 0 Å². The van der Waals surface area contributed by atoms with Crippen molar-refractivity contribution in [3.8, 4) is 0 Å². The van der Waals surface area contributed by atoms with Gasteiger partial charge in [-0.15, -0.1) is 0 Å². The Kier molecular flexibility index (Phi) is 6.17. The molecule has 0 atom stereocenters. The first kappa shape index (κ1) is 14.9. The van der Waals surface area contributed by atoms with Crippen molar-refractivity contribution >= 4 is 5.94 Å². The van der Waals surface area contributed by atoms with E-state index in [1.54, 1.807) is 0 Å². The second-order valence-corrected chi connectivity index (χ2v) is 6.82. The molecule has 0 bridgehead atoms. The van der Waals surface area contributed by atoms with E-state index in [2.05, 4.69) is 12.9 Å². The van der Waals surface area contributed by atoms with Crippen LogP contribution in [-0.4, -0.2) is 5.94 Å². The molecule has 1 heteroatoms. The lowest BCUT2D eigenvalue weighted by atomic mass is 9.70. The Labute approximate surface area is 118 Å². The van der Waals surface area contributed by atoms with Gasteiger partial charge in [-0.3, -0.25) is 0 Å². The SMILES string of the molecule is CCCCCC1CCC(C2CCC(=C=O)CC2)CC1. The van der Waals surface area contributed by atoms with Crippen LogP contribution in [0.3, 0.4) is 0 Å². The predicted octanol–water partition coefficient (Wildman–Crippen LogP) is 5.32. The zero-order chi connectivity index (χ0) is 13.5. The minimum absolute atomic E-state index is 0.911. The smallest absolute Gasteiger partial charge is 0.123 e. The lowest BCUT2D eigenvalue weighted by molar-refractivity contribution is 0.173. The maximum absolute atomic E-state index is 10.6. The fourth-order valence-corrected chi connectivity index (χ4v) is 4.19. The largest absolute Gasteiger partial charge is 0.234 e. The average Bonchev–Trinajstić information content (AvgIpc) is 2.48. The molecule has 0 unspecified atom stereocenters. The van der Waals surface area contributed by atoms with Gasteiger partial charge in [-0.05, 0) is 56.3 Å². The third-order valence-electron chi connectivity index (χ3n) is 5.55. The number of allylic oxidation sites excluding steroid dienone is 1. The number of carbonyl (C=O) groups excluding carboxylic acids is 1. The summed E-state index contributed by atoms with van der Waals surface area (Å²) in [6, 6.07) is 0. The van der Waals surface area contributed by atoms with Crippen molar-refractivity contribution in [1.29, 1.82) is 0 Å². The molecule has 0 aromatic heterocycles. The lowest BCUT2D eigenvalue weighted by Gasteiger charge is -2.36. The van der Waals surface area contributed by atoms with E-state index in [0.717, 1.165) is 36.2 Å². The molecule has 0 saturated heterocycles. The summed E-state index contributed by atoms with van der Waals surface area (Å²) in [4.78, 5) is 10.6. The maximum atomic E-state index is 10.6. The van der Waals surface area contributed by atoms with Crippen molar-refractivity contribution < 1.29 is 4.79 Å². The highest BCUT2D eigenvalue weighted by Crippen LogP contribution is 2.41. The zero-order valence-electron chi connectivity index (χ0n) is 12.6.